The first kappa shape index (κ1) is 14.8. The Morgan fingerprint density at radius 3 is 2.48 bits per heavy atom. The van der Waals surface area contributed by atoms with Crippen LogP contribution in [0.4, 0.5) is 0 Å². The minimum absolute atomic E-state index is 0.397. The highest BCUT2D eigenvalue weighted by atomic mass is 16.6. The van der Waals surface area contributed by atoms with E-state index in [0.717, 1.165) is 17.0 Å². The van der Waals surface area contributed by atoms with Crippen molar-refractivity contribution in [2.75, 3.05) is 7.11 Å². The Morgan fingerprint density at radius 2 is 1.90 bits per heavy atom. The zero-order chi connectivity index (χ0) is 15.4. The molecule has 0 amide bonds. The number of aromatic nitrogens is 2. The van der Waals surface area contributed by atoms with E-state index >= 15 is 0 Å². The third-order valence-corrected chi connectivity index (χ3v) is 3.23. The van der Waals surface area contributed by atoms with Crippen LogP contribution in [0.2, 0.25) is 0 Å². The van der Waals surface area contributed by atoms with E-state index in [-0.39, 0.29) is 0 Å². The van der Waals surface area contributed by atoms with Crippen LogP contribution in [-0.2, 0) is 11.8 Å². The van der Waals surface area contributed by atoms with Crippen LogP contribution in [0.15, 0.2) is 30.3 Å². The Kier molecular flexibility index (Phi) is 4.42. The van der Waals surface area contributed by atoms with Gasteiger partial charge in [-0.25, -0.2) is 4.79 Å². The van der Waals surface area contributed by atoms with Crippen LogP contribution in [0.5, 0.6) is 11.5 Å². The summed E-state index contributed by atoms with van der Waals surface area (Å²) in [6, 6.07) is 7.02. The van der Waals surface area contributed by atoms with Gasteiger partial charge in [0.05, 0.1) is 12.8 Å². The average Bonchev–Trinajstić information content (AvgIpc) is 2.71. The second-order valence-electron chi connectivity index (χ2n) is 4.61. The second-order valence-corrected chi connectivity index (χ2v) is 4.61. The monoisotopic (exact) mass is 286 g/mol. The van der Waals surface area contributed by atoms with E-state index < -0.39 is 5.97 Å². The minimum atomic E-state index is -0.456. The Balaban J connectivity index is 2.13. The average molecular weight is 286 g/mol. The summed E-state index contributed by atoms with van der Waals surface area (Å²) in [5.41, 5.74) is 2.79. The van der Waals surface area contributed by atoms with Gasteiger partial charge in [-0.15, -0.1) is 0 Å². The second kappa shape index (κ2) is 6.26. The fraction of sp³-hybridized carbons (Fsp3) is 0.250. The highest BCUT2D eigenvalue weighted by molar-refractivity contribution is 5.89. The first-order valence-corrected chi connectivity index (χ1v) is 6.56. The van der Waals surface area contributed by atoms with E-state index in [0.29, 0.717) is 11.5 Å². The summed E-state index contributed by atoms with van der Waals surface area (Å²) in [6.07, 6.45) is 3.11. The van der Waals surface area contributed by atoms with Crippen molar-refractivity contribution >= 4 is 12.0 Å². The molecular weight excluding hydrogens is 268 g/mol. The molecule has 0 fully saturated rings. The molecule has 110 valence electrons. The number of ether oxygens (including phenoxy) is 2. The molecule has 0 aliphatic carbocycles. The molecule has 0 bridgehead atoms. The van der Waals surface area contributed by atoms with Crippen molar-refractivity contribution in [2.24, 2.45) is 7.05 Å². The first-order valence-electron chi connectivity index (χ1n) is 6.56. The van der Waals surface area contributed by atoms with Crippen LogP contribution in [-0.4, -0.2) is 22.9 Å². The lowest BCUT2D eigenvalue weighted by Gasteiger charge is -2.06. The molecule has 0 unspecified atom stereocenters. The lowest BCUT2D eigenvalue weighted by Crippen LogP contribution is -2.05. The van der Waals surface area contributed by atoms with Crippen LogP contribution in [0.1, 0.15) is 17.0 Å². The van der Waals surface area contributed by atoms with Gasteiger partial charge in [-0.05, 0) is 32.1 Å². The first-order chi connectivity index (χ1) is 10.0. The maximum Gasteiger partial charge on any atom is 0.336 e. The molecule has 0 spiro atoms. The van der Waals surface area contributed by atoms with Gasteiger partial charge in [-0.3, -0.25) is 4.68 Å². The van der Waals surface area contributed by atoms with Crippen molar-refractivity contribution < 1.29 is 14.3 Å². The van der Waals surface area contributed by atoms with Gasteiger partial charge in [0.2, 0.25) is 0 Å². The largest absolute Gasteiger partial charge is 0.493 e. The molecule has 0 radical (unpaired) electrons. The van der Waals surface area contributed by atoms with E-state index in [4.69, 9.17) is 9.47 Å². The molecule has 0 saturated carbocycles. The standard InChI is InChI=1S/C16H18N2O3/c1-11-13(12(2)18(3)17-11)9-10-16(19)21-15-8-6-5-7-14(15)20-4/h5-10H,1-4H3. The lowest BCUT2D eigenvalue weighted by atomic mass is 10.2. The van der Waals surface area contributed by atoms with E-state index in [9.17, 15) is 4.79 Å². The molecule has 5 nitrogen and oxygen atoms in total. The molecular formula is C16H18N2O3. The predicted octanol–water partition coefficient (Wildman–Crippen LogP) is 2.66. The summed E-state index contributed by atoms with van der Waals surface area (Å²) in [7, 11) is 3.40. The summed E-state index contributed by atoms with van der Waals surface area (Å²) in [6.45, 7) is 3.85. The third-order valence-electron chi connectivity index (χ3n) is 3.23. The summed E-state index contributed by atoms with van der Waals surface area (Å²) in [5.74, 6) is 0.462. The summed E-state index contributed by atoms with van der Waals surface area (Å²) in [4.78, 5) is 11.9. The maximum atomic E-state index is 11.9. The molecule has 0 aliphatic heterocycles. The fourth-order valence-corrected chi connectivity index (χ4v) is 2.03. The number of carbonyl (C=O) groups excluding carboxylic acids is 1. The number of benzene rings is 1. The highest BCUT2D eigenvalue weighted by Gasteiger charge is 2.09. The number of hydrogen-bond acceptors (Lipinski definition) is 4. The minimum Gasteiger partial charge on any atom is -0.493 e. The quantitative estimate of drug-likeness (QED) is 0.492. The molecule has 0 N–H and O–H groups in total. The molecule has 5 heteroatoms. The zero-order valence-corrected chi connectivity index (χ0v) is 12.6. The van der Waals surface area contributed by atoms with Gasteiger partial charge in [-0.1, -0.05) is 12.1 Å². The smallest absolute Gasteiger partial charge is 0.336 e. The van der Waals surface area contributed by atoms with Crippen molar-refractivity contribution in [1.82, 2.24) is 9.78 Å². The van der Waals surface area contributed by atoms with E-state index in [1.54, 1.807) is 29.0 Å². The lowest BCUT2D eigenvalue weighted by molar-refractivity contribution is -0.129. The van der Waals surface area contributed by atoms with Gasteiger partial charge < -0.3 is 9.47 Å². The van der Waals surface area contributed by atoms with Crippen LogP contribution in [0.25, 0.3) is 6.08 Å². The number of carbonyl (C=O) groups is 1. The van der Waals surface area contributed by atoms with Gasteiger partial charge in [0, 0.05) is 24.4 Å². The Morgan fingerprint density at radius 1 is 1.24 bits per heavy atom. The topological polar surface area (TPSA) is 53.4 Å². The number of hydrogen-bond donors (Lipinski definition) is 0. The zero-order valence-electron chi connectivity index (χ0n) is 12.6. The molecule has 21 heavy (non-hydrogen) atoms. The number of rotatable bonds is 4. The summed E-state index contributed by atoms with van der Waals surface area (Å²) < 4.78 is 12.2. The SMILES string of the molecule is COc1ccccc1OC(=O)C=Cc1c(C)nn(C)c1C. The van der Waals surface area contributed by atoms with Crippen molar-refractivity contribution in [2.45, 2.75) is 13.8 Å². The predicted molar refractivity (Wildman–Crippen MR) is 80.3 cm³/mol. The van der Waals surface area contributed by atoms with Crippen LogP contribution in [0.3, 0.4) is 0 Å². The molecule has 1 aromatic heterocycles. The van der Waals surface area contributed by atoms with Gasteiger partial charge in [-0.2, -0.15) is 5.10 Å². The van der Waals surface area contributed by atoms with Crippen molar-refractivity contribution in [1.29, 1.82) is 0 Å². The van der Waals surface area contributed by atoms with Crippen molar-refractivity contribution in [3.05, 3.63) is 47.3 Å². The van der Waals surface area contributed by atoms with Gasteiger partial charge >= 0.3 is 5.97 Å². The summed E-state index contributed by atoms with van der Waals surface area (Å²) in [5, 5.41) is 4.29. The fourth-order valence-electron chi connectivity index (χ4n) is 2.03. The van der Waals surface area contributed by atoms with Crippen molar-refractivity contribution in [3.63, 3.8) is 0 Å². The summed E-state index contributed by atoms with van der Waals surface area (Å²) >= 11 is 0. The van der Waals surface area contributed by atoms with Gasteiger partial charge in [0.1, 0.15) is 0 Å². The van der Waals surface area contributed by atoms with Gasteiger partial charge in [0.15, 0.2) is 11.5 Å². The number of aryl methyl sites for hydroxylation is 2. The Bertz CT molecular complexity index is 687. The Labute approximate surface area is 123 Å². The molecule has 2 rings (SSSR count). The maximum absolute atomic E-state index is 11.9. The molecule has 2 aromatic rings. The van der Waals surface area contributed by atoms with E-state index in [1.807, 2.05) is 27.0 Å². The normalized spacial score (nSPS) is 10.9. The van der Waals surface area contributed by atoms with E-state index in [2.05, 4.69) is 5.10 Å². The van der Waals surface area contributed by atoms with Crippen LogP contribution < -0.4 is 9.47 Å². The van der Waals surface area contributed by atoms with Crippen LogP contribution in [0, 0.1) is 13.8 Å². The number of esters is 1. The third kappa shape index (κ3) is 3.31. The number of nitrogens with zero attached hydrogens (tertiary/aromatic N) is 2. The van der Waals surface area contributed by atoms with Gasteiger partial charge in [0.25, 0.3) is 0 Å². The Hall–Kier alpha value is -2.56. The van der Waals surface area contributed by atoms with Crippen LogP contribution >= 0.6 is 0 Å². The number of para-hydroxylation sites is 2. The molecule has 0 saturated heterocycles. The molecule has 1 aromatic carbocycles. The highest BCUT2D eigenvalue weighted by Crippen LogP contribution is 2.26. The molecule has 0 aliphatic rings. The molecule has 0 atom stereocenters. The van der Waals surface area contributed by atoms with E-state index in [1.165, 1.54) is 13.2 Å². The van der Waals surface area contributed by atoms with Crippen molar-refractivity contribution in [3.8, 4) is 11.5 Å². The number of methoxy groups -OCH3 is 1. The molecule has 1 heterocycles.